The maximum atomic E-state index is 12.5. The summed E-state index contributed by atoms with van der Waals surface area (Å²) in [5.41, 5.74) is 1.72. The molecule has 2 aromatic heterocycles. The molecule has 0 saturated heterocycles. The largest absolute Gasteiger partial charge is 0.366 e. The van der Waals surface area contributed by atoms with Gasteiger partial charge in [0, 0.05) is 13.1 Å². The number of hydrogen-bond donors (Lipinski definition) is 1. The lowest BCUT2D eigenvalue weighted by Gasteiger charge is -2.15. The zero-order chi connectivity index (χ0) is 17.3. The van der Waals surface area contributed by atoms with Crippen LogP contribution in [-0.4, -0.2) is 40.0 Å². The van der Waals surface area contributed by atoms with Gasteiger partial charge in [-0.3, -0.25) is 4.68 Å². The van der Waals surface area contributed by atoms with Gasteiger partial charge in [-0.15, -0.1) is 0 Å². The molecule has 3 aromatic rings. The first kappa shape index (κ1) is 16.4. The second kappa shape index (κ2) is 6.20. The molecule has 8 heteroatoms. The predicted molar refractivity (Wildman–Crippen MR) is 92.6 cm³/mol. The predicted octanol–water partition coefficient (Wildman–Crippen LogP) is 1.95. The zero-order valence-electron chi connectivity index (χ0n) is 13.8. The van der Waals surface area contributed by atoms with Crippen molar-refractivity contribution in [1.29, 1.82) is 0 Å². The molecule has 7 nitrogen and oxygen atoms in total. The topological polar surface area (TPSA) is 89.8 Å². The Hall–Kier alpha value is -2.48. The highest BCUT2D eigenvalue weighted by Gasteiger charge is 2.19. The van der Waals surface area contributed by atoms with Crippen LogP contribution in [0.5, 0.6) is 0 Å². The Labute approximate surface area is 140 Å². The number of anilines is 1. The standard InChI is InChI=1S/C16H19N5O2S/c1-11-4-6-13(7-5-11)24(22,23)9-12(2)20-15-14-8-19-21(3)16(14)18-10-17-15/h4-8,10,12H,9H2,1-3H3,(H,17,18,20)/t12-/m0/s1. The molecule has 0 radical (unpaired) electrons. The van der Waals surface area contributed by atoms with Crippen LogP contribution in [0.4, 0.5) is 5.82 Å². The molecule has 0 aliphatic rings. The molecule has 3 rings (SSSR count). The van der Waals surface area contributed by atoms with E-state index in [1.807, 2.05) is 13.8 Å². The minimum Gasteiger partial charge on any atom is -0.366 e. The molecule has 1 N–H and O–H groups in total. The van der Waals surface area contributed by atoms with E-state index in [0.29, 0.717) is 16.4 Å². The second-order valence-corrected chi connectivity index (χ2v) is 7.90. The number of hydrogen-bond acceptors (Lipinski definition) is 6. The van der Waals surface area contributed by atoms with Gasteiger partial charge in [0.1, 0.15) is 12.1 Å². The van der Waals surface area contributed by atoms with Crippen molar-refractivity contribution < 1.29 is 8.42 Å². The molecule has 0 unspecified atom stereocenters. The van der Waals surface area contributed by atoms with Gasteiger partial charge in [0.2, 0.25) is 0 Å². The fourth-order valence-corrected chi connectivity index (χ4v) is 4.01. The number of nitrogens with one attached hydrogen (secondary N) is 1. The average Bonchev–Trinajstić information content (AvgIpc) is 2.90. The Morgan fingerprint density at radius 1 is 1.21 bits per heavy atom. The zero-order valence-corrected chi connectivity index (χ0v) is 14.6. The Balaban J connectivity index is 1.79. The molecule has 2 heterocycles. The third-order valence-electron chi connectivity index (χ3n) is 3.76. The Morgan fingerprint density at radius 2 is 1.92 bits per heavy atom. The molecule has 0 bridgehead atoms. The van der Waals surface area contributed by atoms with Crippen LogP contribution in [0.15, 0.2) is 41.7 Å². The Morgan fingerprint density at radius 3 is 2.62 bits per heavy atom. The van der Waals surface area contributed by atoms with Crippen molar-refractivity contribution in [1.82, 2.24) is 19.7 Å². The van der Waals surface area contributed by atoms with Crippen LogP contribution < -0.4 is 5.32 Å². The van der Waals surface area contributed by atoms with Crippen LogP contribution in [0.1, 0.15) is 12.5 Å². The van der Waals surface area contributed by atoms with Crippen molar-refractivity contribution in [3.63, 3.8) is 0 Å². The van der Waals surface area contributed by atoms with Gasteiger partial charge in [-0.2, -0.15) is 5.10 Å². The van der Waals surface area contributed by atoms with Crippen molar-refractivity contribution >= 4 is 26.7 Å². The molecule has 0 spiro atoms. The lowest BCUT2D eigenvalue weighted by Crippen LogP contribution is -2.26. The van der Waals surface area contributed by atoms with Gasteiger partial charge in [-0.05, 0) is 26.0 Å². The molecule has 0 fully saturated rings. The summed E-state index contributed by atoms with van der Waals surface area (Å²) in [5, 5.41) is 8.07. The van der Waals surface area contributed by atoms with E-state index in [4.69, 9.17) is 0 Å². The van der Waals surface area contributed by atoms with Crippen LogP contribution in [-0.2, 0) is 16.9 Å². The maximum absolute atomic E-state index is 12.5. The third-order valence-corrected chi connectivity index (χ3v) is 5.69. The van der Waals surface area contributed by atoms with Gasteiger partial charge in [0.25, 0.3) is 0 Å². The van der Waals surface area contributed by atoms with Crippen molar-refractivity contribution in [2.75, 3.05) is 11.1 Å². The van der Waals surface area contributed by atoms with E-state index in [9.17, 15) is 8.42 Å². The molecule has 0 aliphatic carbocycles. The smallest absolute Gasteiger partial charge is 0.180 e. The lowest BCUT2D eigenvalue weighted by molar-refractivity contribution is 0.592. The Kier molecular flexibility index (Phi) is 4.23. The minimum absolute atomic E-state index is 0.0260. The summed E-state index contributed by atoms with van der Waals surface area (Å²) in [7, 11) is -1.58. The van der Waals surface area contributed by atoms with E-state index in [0.717, 1.165) is 10.9 Å². The molecular formula is C16H19N5O2S. The van der Waals surface area contributed by atoms with E-state index in [-0.39, 0.29) is 11.8 Å². The highest BCUT2D eigenvalue weighted by molar-refractivity contribution is 7.91. The molecule has 0 saturated carbocycles. The van der Waals surface area contributed by atoms with Crippen molar-refractivity contribution in [3.05, 3.63) is 42.4 Å². The molecule has 1 aromatic carbocycles. The quantitative estimate of drug-likeness (QED) is 0.760. The van der Waals surface area contributed by atoms with E-state index in [1.165, 1.54) is 6.33 Å². The first-order valence-electron chi connectivity index (χ1n) is 7.55. The van der Waals surface area contributed by atoms with Gasteiger partial charge in [-0.1, -0.05) is 17.7 Å². The van der Waals surface area contributed by atoms with Gasteiger partial charge >= 0.3 is 0 Å². The number of benzene rings is 1. The molecular weight excluding hydrogens is 326 g/mol. The highest BCUT2D eigenvalue weighted by Crippen LogP contribution is 2.20. The maximum Gasteiger partial charge on any atom is 0.180 e. The van der Waals surface area contributed by atoms with Crippen LogP contribution in [0.2, 0.25) is 0 Å². The Bertz CT molecular complexity index is 964. The van der Waals surface area contributed by atoms with Crippen LogP contribution in [0.3, 0.4) is 0 Å². The van der Waals surface area contributed by atoms with Crippen molar-refractivity contribution in [2.45, 2.75) is 24.8 Å². The third kappa shape index (κ3) is 3.23. The first-order valence-corrected chi connectivity index (χ1v) is 9.21. The molecule has 24 heavy (non-hydrogen) atoms. The van der Waals surface area contributed by atoms with E-state index in [1.54, 1.807) is 42.2 Å². The SMILES string of the molecule is Cc1ccc(S(=O)(=O)C[C@H](C)Nc2ncnc3c2cnn3C)cc1. The number of aromatic nitrogens is 4. The number of nitrogens with zero attached hydrogens (tertiary/aromatic N) is 4. The van der Waals surface area contributed by atoms with E-state index < -0.39 is 9.84 Å². The molecule has 0 amide bonds. The average molecular weight is 345 g/mol. The first-order chi connectivity index (χ1) is 11.4. The summed E-state index contributed by atoms with van der Waals surface area (Å²) in [6.45, 7) is 3.74. The highest BCUT2D eigenvalue weighted by atomic mass is 32.2. The van der Waals surface area contributed by atoms with Gasteiger partial charge in [0.05, 0.1) is 22.2 Å². The molecule has 126 valence electrons. The lowest BCUT2D eigenvalue weighted by atomic mass is 10.2. The number of sulfone groups is 1. The van der Waals surface area contributed by atoms with Crippen LogP contribution in [0.25, 0.3) is 11.0 Å². The summed E-state index contributed by atoms with van der Waals surface area (Å²) in [6, 6.07) is 6.57. The van der Waals surface area contributed by atoms with Gasteiger partial charge in [0.15, 0.2) is 15.5 Å². The summed E-state index contributed by atoms with van der Waals surface area (Å²) < 4.78 is 26.7. The fourth-order valence-electron chi connectivity index (χ4n) is 2.52. The van der Waals surface area contributed by atoms with Crippen molar-refractivity contribution in [3.8, 4) is 0 Å². The number of aryl methyl sites for hydroxylation is 2. The summed E-state index contributed by atoms with van der Waals surface area (Å²) >= 11 is 0. The van der Waals surface area contributed by atoms with Gasteiger partial charge in [-0.25, -0.2) is 18.4 Å². The minimum atomic E-state index is -3.37. The second-order valence-electron chi connectivity index (χ2n) is 5.87. The van der Waals surface area contributed by atoms with Gasteiger partial charge < -0.3 is 5.32 Å². The van der Waals surface area contributed by atoms with E-state index >= 15 is 0 Å². The van der Waals surface area contributed by atoms with Crippen molar-refractivity contribution in [2.24, 2.45) is 7.05 Å². The van der Waals surface area contributed by atoms with Crippen LogP contribution in [0, 0.1) is 6.92 Å². The molecule has 0 aliphatic heterocycles. The monoisotopic (exact) mass is 345 g/mol. The number of rotatable bonds is 5. The summed E-state index contributed by atoms with van der Waals surface area (Å²) in [4.78, 5) is 8.70. The van der Waals surface area contributed by atoms with E-state index in [2.05, 4.69) is 20.4 Å². The summed E-state index contributed by atoms with van der Waals surface area (Å²) in [6.07, 6.45) is 3.10. The normalized spacial score (nSPS) is 13.1. The number of fused-ring (bicyclic) bond motifs is 1. The molecule has 1 atom stereocenters. The fraction of sp³-hybridized carbons (Fsp3) is 0.312. The summed E-state index contributed by atoms with van der Waals surface area (Å²) in [5.74, 6) is 0.557. The van der Waals surface area contributed by atoms with Crippen LogP contribution >= 0.6 is 0 Å².